The second kappa shape index (κ2) is 8.77. The Bertz CT molecular complexity index is 507. The Hall–Kier alpha value is -1.75. The summed E-state index contributed by atoms with van der Waals surface area (Å²) < 4.78 is 6.08. The fourth-order valence-corrected chi connectivity index (χ4v) is 2.96. The number of hydrogen-bond acceptors (Lipinski definition) is 3. The third kappa shape index (κ3) is 4.86. The van der Waals surface area contributed by atoms with Crippen LogP contribution in [0.25, 0.3) is 0 Å². The summed E-state index contributed by atoms with van der Waals surface area (Å²) in [7, 11) is 0. The second-order valence-electron chi connectivity index (χ2n) is 6.09. The Labute approximate surface area is 138 Å². The van der Waals surface area contributed by atoms with Crippen LogP contribution in [0, 0.1) is 6.92 Å². The van der Waals surface area contributed by atoms with E-state index in [2.05, 4.69) is 5.32 Å². The van der Waals surface area contributed by atoms with E-state index in [0.29, 0.717) is 19.2 Å². The van der Waals surface area contributed by atoms with Crippen LogP contribution in [0.4, 0.5) is 10.5 Å². The summed E-state index contributed by atoms with van der Waals surface area (Å²) in [4.78, 5) is 14.0. The number of carbonyl (C=O) groups excluding carboxylic acids is 1. The molecule has 128 valence electrons. The van der Waals surface area contributed by atoms with Crippen LogP contribution in [-0.4, -0.2) is 41.8 Å². The first-order valence-electron chi connectivity index (χ1n) is 8.58. The van der Waals surface area contributed by atoms with Crippen molar-refractivity contribution < 1.29 is 14.6 Å². The number of nitrogens with one attached hydrogen (secondary N) is 1. The molecule has 2 amide bonds. The molecule has 2 rings (SSSR count). The average molecular weight is 320 g/mol. The first-order valence-corrected chi connectivity index (χ1v) is 8.58. The zero-order valence-electron chi connectivity index (χ0n) is 14.2. The molecule has 0 aliphatic heterocycles. The van der Waals surface area contributed by atoms with Crippen LogP contribution in [-0.2, 0) is 0 Å². The monoisotopic (exact) mass is 320 g/mol. The van der Waals surface area contributed by atoms with Gasteiger partial charge in [0.2, 0.25) is 0 Å². The topological polar surface area (TPSA) is 61.8 Å². The van der Waals surface area contributed by atoms with Gasteiger partial charge < -0.3 is 20.1 Å². The Balaban J connectivity index is 2.05. The minimum absolute atomic E-state index is 0.0305. The van der Waals surface area contributed by atoms with Crippen molar-refractivity contribution >= 4 is 11.7 Å². The molecule has 0 atom stereocenters. The molecule has 1 aliphatic rings. The van der Waals surface area contributed by atoms with Crippen LogP contribution < -0.4 is 10.1 Å². The number of rotatable bonds is 7. The summed E-state index contributed by atoms with van der Waals surface area (Å²) in [5.41, 5.74) is 1.72. The molecule has 5 nitrogen and oxygen atoms in total. The zero-order chi connectivity index (χ0) is 16.7. The van der Waals surface area contributed by atoms with E-state index in [-0.39, 0.29) is 12.6 Å². The van der Waals surface area contributed by atoms with Crippen molar-refractivity contribution in [2.75, 3.05) is 25.0 Å². The first-order chi connectivity index (χ1) is 11.2. The zero-order valence-corrected chi connectivity index (χ0v) is 14.2. The van der Waals surface area contributed by atoms with Gasteiger partial charge in [-0.1, -0.05) is 13.0 Å². The summed E-state index contributed by atoms with van der Waals surface area (Å²) in [6.07, 6.45) is 5.83. The van der Waals surface area contributed by atoms with Crippen molar-refractivity contribution in [2.45, 2.75) is 52.1 Å². The van der Waals surface area contributed by atoms with Crippen molar-refractivity contribution in [1.82, 2.24) is 4.90 Å². The van der Waals surface area contributed by atoms with Gasteiger partial charge >= 0.3 is 6.03 Å². The number of anilines is 1. The largest absolute Gasteiger partial charge is 0.490 e. The molecule has 0 heterocycles. The van der Waals surface area contributed by atoms with Crippen LogP contribution in [0.2, 0.25) is 0 Å². The summed E-state index contributed by atoms with van der Waals surface area (Å²) in [6, 6.07) is 5.57. The van der Waals surface area contributed by atoms with Crippen molar-refractivity contribution in [1.29, 1.82) is 0 Å². The summed E-state index contributed by atoms with van der Waals surface area (Å²) in [5, 5.41) is 12.0. The minimum Gasteiger partial charge on any atom is -0.490 e. The molecule has 0 radical (unpaired) electrons. The van der Waals surface area contributed by atoms with Crippen LogP contribution >= 0.6 is 0 Å². The number of benzene rings is 1. The maximum atomic E-state index is 12.4. The number of urea groups is 1. The van der Waals surface area contributed by atoms with Crippen molar-refractivity contribution in [3.63, 3.8) is 0 Å². The normalized spacial score (nSPS) is 14.7. The number of aliphatic hydroxyl groups is 1. The van der Waals surface area contributed by atoms with E-state index < -0.39 is 0 Å². The molecule has 1 aromatic rings. The standard InChI is InChI=1S/C18H28N2O3/c1-3-11-20(12-13-21)18(22)19-16-9-6-10-17(14(16)2)23-15-7-4-5-8-15/h6,9-10,15,21H,3-5,7-8,11-13H2,1-2H3,(H,19,22). The van der Waals surface area contributed by atoms with Gasteiger partial charge in [0.15, 0.2) is 0 Å². The van der Waals surface area contributed by atoms with Gasteiger partial charge in [0, 0.05) is 24.3 Å². The van der Waals surface area contributed by atoms with E-state index in [0.717, 1.165) is 36.3 Å². The Morgan fingerprint density at radius 1 is 1.35 bits per heavy atom. The molecule has 0 spiro atoms. The number of nitrogens with zero attached hydrogens (tertiary/aromatic N) is 1. The molecule has 1 saturated carbocycles. The number of ether oxygens (including phenoxy) is 1. The van der Waals surface area contributed by atoms with Gasteiger partial charge in [0.25, 0.3) is 0 Å². The highest BCUT2D eigenvalue weighted by molar-refractivity contribution is 5.90. The quantitative estimate of drug-likeness (QED) is 0.807. The molecule has 2 N–H and O–H groups in total. The Kier molecular flexibility index (Phi) is 6.71. The van der Waals surface area contributed by atoms with Gasteiger partial charge in [0.1, 0.15) is 5.75 Å². The van der Waals surface area contributed by atoms with Crippen molar-refractivity contribution in [3.8, 4) is 5.75 Å². The predicted molar refractivity (Wildman–Crippen MR) is 92.0 cm³/mol. The number of carbonyl (C=O) groups is 1. The van der Waals surface area contributed by atoms with Crippen LogP contribution in [0.1, 0.15) is 44.6 Å². The highest BCUT2D eigenvalue weighted by Crippen LogP contribution is 2.30. The summed E-state index contributed by atoms with van der Waals surface area (Å²) in [5.74, 6) is 0.846. The van der Waals surface area contributed by atoms with Crippen molar-refractivity contribution in [2.24, 2.45) is 0 Å². The highest BCUT2D eigenvalue weighted by Gasteiger charge is 2.19. The average Bonchev–Trinajstić information content (AvgIpc) is 3.04. The Morgan fingerprint density at radius 2 is 2.09 bits per heavy atom. The maximum absolute atomic E-state index is 12.4. The maximum Gasteiger partial charge on any atom is 0.321 e. The number of amides is 2. The van der Waals surface area contributed by atoms with Gasteiger partial charge in [0.05, 0.1) is 12.7 Å². The molecule has 5 heteroatoms. The molecule has 0 saturated heterocycles. The molecule has 1 aliphatic carbocycles. The lowest BCUT2D eigenvalue weighted by Gasteiger charge is -2.23. The molecular formula is C18H28N2O3. The molecule has 0 bridgehead atoms. The smallest absolute Gasteiger partial charge is 0.321 e. The second-order valence-corrected chi connectivity index (χ2v) is 6.09. The Morgan fingerprint density at radius 3 is 2.74 bits per heavy atom. The summed E-state index contributed by atoms with van der Waals surface area (Å²) in [6.45, 7) is 4.92. The fraction of sp³-hybridized carbons (Fsp3) is 0.611. The minimum atomic E-state index is -0.179. The molecule has 23 heavy (non-hydrogen) atoms. The summed E-state index contributed by atoms with van der Waals surface area (Å²) >= 11 is 0. The molecule has 1 fully saturated rings. The van der Waals surface area contributed by atoms with Gasteiger partial charge in [-0.2, -0.15) is 0 Å². The predicted octanol–water partition coefficient (Wildman–Crippen LogP) is 3.55. The third-order valence-corrected chi connectivity index (χ3v) is 4.27. The highest BCUT2D eigenvalue weighted by atomic mass is 16.5. The molecule has 1 aromatic carbocycles. The number of aliphatic hydroxyl groups excluding tert-OH is 1. The van der Waals surface area contributed by atoms with E-state index in [1.165, 1.54) is 12.8 Å². The lowest BCUT2D eigenvalue weighted by molar-refractivity contribution is 0.188. The van der Waals surface area contributed by atoms with E-state index in [1.54, 1.807) is 4.90 Å². The third-order valence-electron chi connectivity index (χ3n) is 4.27. The lowest BCUT2D eigenvalue weighted by atomic mass is 10.1. The molecule has 0 aromatic heterocycles. The van der Waals surface area contributed by atoms with E-state index in [4.69, 9.17) is 9.84 Å². The van der Waals surface area contributed by atoms with E-state index in [9.17, 15) is 4.79 Å². The SMILES string of the molecule is CCCN(CCO)C(=O)Nc1cccc(OC2CCCC2)c1C. The number of hydrogen-bond donors (Lipinski definition) is 2. The van der Waals surface area contributed by atoms with Gasteiger partial charge in [-0.3, -0.25) is 0 Å². The van der Waals surface area contributed by atoms with Gasteiger partial charge in [-0.05, 0) is 51.2 Å². The molecule has 0 unspecified atom stereocenters. The van der Waals surface area contributed by atoms with Crippen LogP contribution in [0.15, 0.2) is 18.2 Å². The van der Waals surface area contributed by atoms with Crippen molar-refractivity contribution in [3.05, 3.63) is 23.8 Å². The van der Waals surface area contributed by atoms with E-state index >= 15 is 0 Å². The lowest BCUT2D eigenvalue weighted by Crippen LogP contribution is -2.37. The van der Waals surface area contributed by atoms with Crippen LogP contribution in [0.5, 0.6) is 5.75 Å². The first kappa shape index (κ1) is 17.6. The van der Waals surface area contributed by atoms with Gasteiger partial charge in [-0.15, -0.1) is 0 Å². The van der Waals surface area contributed by atoms with Gasteiger partial charge in [-0.25, -0.2) is 4.79 Å². The molecular weight excluding hydrogens is 292 g/mol. The van der Waals surface area contributed by atoms with E-state index in [1.807, 2.05) is 32.0 Å². The fourth-order valence-electron chi connectivity index (χ4n) is 2.96. The van der Waals surface area contributed by atoms with Crippen LogP contribution in [0.3, 0.4) is 0 Å².